The molecule has 6 rings (SSSR count). The van der Waals surface area contributed by atoms with Crippen LogP contribution in [0.25, 0.3) is 17.0 Å². The average molecular weight is 700 g/mol. The van der Waals surface area contributed by atoms with Crippen molar-refractivity contribution < 1.29 is 19.1 Å². The number of benzene rings is 3. The average Bonchev–Trinajstić information content (AvgIpc) is 3.52. The van der Waals surface area contributed by atoms with Gasteiger partial charge in [-0.2, -0.15) is 0 Å². The van der Waals surface area contributed by atoms with Crippen molar-refractivity contribution in [1.82, 2.24) is 9.13 Å². The van der Waals surface area contributed by atoms with Crippen molar-refractivity contribution >= 4 is 61.8 Å². The van der Waals surface area contributed by atoms with Crippen LogP contribution in [0.15, 0.2) is 105 Å². The molecule has 0 radical (unpaired) electrons. The Hall–Kier alpha value is -4.74. The number of methoxy groups -OCH3 is 1. The number of fused-ring (bicyclic) bond motifs is 2. The molecule has 11 heteroatoms. The van der Waals surface area contributed by atoms with Crippen molar-refractivity contribution in [2.75, 3.05) is 12.4 Å². The third-order valence-corrected chi connectivity index (χ3v) is 9.02. The van der Waals surface area contributed by atoms with Gasteiger partial charge in [0.05, 0.1) is 29.0 Å². The predicted molar refractivity (Wildman–Crippen MR) is 183 cm³/mol. The highest BCUT2D eigenvalue weighted by Crippen LogP contribution is 2.37. The largest absolute Gasteiger partial charge is 0.496 e. The van der Waals surface area contributed by atoms with Crippen molar-refractivity contribution in [3.8, 4) is 5.75 Å². The standard InChI is InChI=1S/C35H31BrN4O5S/c1-20(2)45-34(43)31-21(3)37-35-40(32(31)26-17-23(36)14-15-28(26)44-4)33(42)29(46-35)16-22-18-39(27-13-9-8-12-25(22)27)19-30(41)38-24-10-6-5-7-11-24/h5-18,20,32H,19H2,1-4H3,(H,38,41)/b29-16-/t32-/m1/s1. The first kappa shape index (κ1) is 31.3. The summed E-state index contributed by atoms with van der Waals surface area (Å²) in [5.74, 6) is -0.198. The van der Waals surface area contributed by atoms with E-state index in [4.69, 9.17) is 14.5 Å². The summed E-state index contributed by atoms with van der Waals surface area (Å²) in [5, 5.41) is 3.82. The van der Waals surface area contributed by atoms with Crippen molar-refractivity contribution in [3.63, 3.8) is 0 Å². The lowest BCUT2D eigenvalue weighted by molar-refractivity contribution is -0.143. The number of thiazole rings is 1. The number of carbonyl (C=O) groups is 2. The first-order valence-electron chi connectivity index (χ1n) is 14.6. The van der Waals surface area contributed by atoms with Crippen LogP contribution in [0.4, 0.5) is 5.69 Å². The SMILES string of the molecule is COc1ccc(Br)cc1[C@@H]1C(C(=O)OC(C)C)=C(C)N=c2s/c(=C\c3cn(CC(=O)Nc4ccccc4)c4ccccc34)c(=O)n21. The molecule has 46 heavy (non-hydrogen) atoms. The Morgan fingerprint density at radius 2 is 1.83 bits per heavy atom. The number of halogens is 1. The number of para-hydroxylation sites is 2. The summed E-state index contributed by atoms with van der Waals surface area (Å²) >= 11 is 4.78. The van der Waals surface area contributed by atoms with Gasteiger partial charge in [-0.15, -0.1) is 0 Å². The molecule has 0 saturated heterocycles. The molecule has 1 atom stereocenters. The summed E-state index contributed by atoms with van der Waals surface area (Å²) in [5.41, 5.74) is 3.40. The van der Waals surface area contributed by atoms with Crippen LogP contribution >= 0.6 is 27.3 Å². The van der Waals surface area contributed by atoms with Crippen LogP contribution in [0.5, 0.6) is 5.75 Å². The van der Waals surface area contributed by atoms with Gasteiger partial charge in [0.15, 0.2) is 4.80 Å². The minimum atomic E-state index is -0.833. The number of amides is 1. The highest BCUT2D eigenvalue weighted by atomic mass is 79.9. The van der Waals surface area contributed by atoms with Crippen molar-refractivity contribution in [3.05, 3.63) is 126 Å². The number of aromatic nitrogens is 2. The minimum Gasteiger partial charge on any atom is -0.496 e. The Morgan fingerprint density at radius 1 is 1.09 bits per heavy atom. The maximum Gasteiger partial charge on any atom is 0.338 e. The molecule has 0 fully saturated rings. The van der Waals surface area contributed by atoms with Gasteiger partial charge in [0, 0.05) is 38.4 Å². The monoisotopic (exact) mass is 698 g/mol. The molecular formula is C35H31BrN4O5S. The Kier molecular flexibility index (Phi) is 8.79. The third kappa shape index (κ3) is 6.08. The zero-order valence-corrected chi connectivity index (χ0v) is 28.0. The molecule has 0 unspecified atom stereocenters. The molecule has 0 bridgehead atoms. The Labute approximate surface area is 277 Å². The van der Waals surface area contributed by atoms with Crippen molar-refractivity contribution in [2.45, 2.75) is 39.5 Å². The summed E-state index contributed by atoms with van der Waals surface area (Å²) in [6.45, 7) is 5.40. The molecule has 9 nitrogen and oxygen atoms in total. The first-order chi connectivity index (χ1) is 22.1. The number of anilines is 1. The van der Waals surface area contributed by atoms with E-state index in [0.29, 0.717) is 32.0 Å². The van der Waals surface area contributed by atoms with E-state index in [1.807, 2.05) is 83.6 Å². The lowest BCUT2D eigenvalue weighted by atomic mass is 9.95. The van der Waals surface area contributed by atoms with Crippen LogP contribution in [0.1, 0.15) is 37.9 Å². The maximum atomic E-state index is 14.3. The van der Waals surface area contributed by atoms with Gasteiger partial charge < -0.3 is 19.4 Å². The number of ether oxygens (including phenoxy) is 2. The molecule has 1 N–H and O–H groups in total. The van der Waals surface area contributed by atoms with E-state index in [2.05, 4.69) is 21.2 Å². The third-order valence-electron chi connectivity index (χ3n) is 7.55. The smallest absolute Gasteiger partial charge is 0.338 e. The number of nitrogens with zero attached hydrogens (tertiary/aromatic N) is 3. The molecular weight excluding hydrogens is 668 g/mol. The van der Waals surface area contributed by atoms with Gasteiger partial charge in [0.1, 0.15) is 18.3 Å². The van der Waals surface area contributed by atoms with E-state index in [-0.39, 0.29) is 29.7 Å². The second-order valence-corrected chi connectivity index (χ2v) is 13.0. The van der Waals surface area contributed by atoms with Crippen LogP contribution in [-0.2, 0) is 20.9 Å². The molecule has 2 aromatic heterocycles. The van der Waals surface area contributed by atoms with Gasteiger partial charge >= 0.3 is 5.97 Å². The van der Waals surface area contributed by atoms with Gasteiger partial charge in [-0.05, 0) is 63.2 Å². The van der Waals surface area contributed by atoms with Crippen LogP contribution in [0.2, 0.25) is 0 Å². The van der Waals surface area contributed by atoms with Crippen LogP contribution in [-0.4, -0.2) is 34.2 Å². The van der Waals surface area contributed by atoms with Gasteiger partial charge in [-0.1, -0.05) is 63.7 Å². The van der Waals surface area contributed by atoms with E-state index in [0.717, 1.165) is 20.9 Å². The fraction of sp³-hybridized carbons (Fsp3) is 0.200. The van der Waals surface area contributed by atoms with Gasteiger partial charge in [0.25, 0.3) is 5.56 Å². The molecule has 1 amide bonds. The number of hydrogen-bond acceptors (Lipinski definition) is 7. The second-order valence-electron chi connectivity index (χ2n) is 11.1. The quantitative estimate of drug-likeness (QED) is 0.214. The Bertz CT molecular complexity index is 2200. The second kappa shape index (κ2) is 12.9. The molecule has 1 aliphatic heterocycles. The fourth-order valence-corrected chi connectivity index (χ4v) is 7.03. The molecule has 0 spiro atoms. The summed E-state index contributed by atoms with van der Waals surface area (Å²) in [7, 11) is 1.55. The number of esters is 1. The lowest BCUT2D eigenvalue weighted by Gasteiger charge is -2.26. The Balaban J connectivity index is 1.48. The molecule has 3 heterocycles. The molecule has 1 aliphatic rings. The predicted octanol–water partition coefficient (Wildman–Crippen LogP) is 5.55. The fourth-order valence-electron chi connectivity index (χ4n) is 5.61. The van der Waals surface area contributed by atoms with E-state index in [1.54, 1.807) is 33.9 Å². The zero-order valence-electron chi connectivity index (χ0n) is 25.6. The van der Waals surface area contributed by atoms with Crippen LogP contribution < -0.4 is 24.9 Å². The van der Waals surface area contributed by atoms with Crippen LogP contribution in [0.3, 0.4) is 0 Å². The summed E-state index contributed by atoms with van der Waals surface area (Å²) in [6.07, 6.45) is 3.33. The van der Waals surface area contributed by atoms with Gasteiger partial charge in [-0.25, -0.2) is 9.79 Å². The molecule has 0 saturated carbocycles. The van der Waals surface area contributed by atoms with Gasteiger partial charge in [0.2, 0.25) is 5.91 Å². The number of nitrogens with one attached hydrogen (secondary N) is 1. The number of rotatable bonds is 8. The number of hydrogen-bond donors (Lipinski definition) is 1. The summed E-state index contributed by atoms with van der Waals surface area (Å²) in [6, 6.07) is 21.7. The number of allylic oxidation sites excluding steroid dienone is 1. The van der Waals surface area contributed by atoms with Crippen molar-refractivity contribution in [2.24, 2.45) is 4.99 Å². The summed E-state index contributed by atoms with van der Waals surface area (Å²) in [4.78, 5) is 45.9. The van der Waals surface area contributed by atoms with E-state index in [1.165, 1.54) is 15.9 Å². The molecule has 0 aliphatic carbocycles. The molecule has 3 aromatic carbocycles. The normalized spacial score (nSPS) is 14.7. The van der Waals surface area contributed by atoms with Crippen LogP contribution in [0, 0.1) is 0 Å². The Morgan fingerprint density at radius 3 is 2.57 bits per heavy atom. The summed E-state index contributed by atoms with van der Waals surface area (Å²) < 4.78 is 15.9. The van der Waals surface area contributed by atoms with Gasteiger partial charge in [-0.3, -0.25) is 14.2 Å². The number of carbonyl (C=O) groups excluding carboxylic acids is 2. The highest BCUT2D eigenvalue weighted by molar-refractivity contribution is 9.10. The molecule has 5 aromatic rings. The molecule has 234 valence electrons. The van der Waals surface area contributed by atoms with Crippen molar-refractivity contribution in [1.29, 1.82) is 0 Å². The maximum absolute atomic E-state index is 14.3. The first-order valence-corrected chi connectivity index (χ1v) is 16.2. The van der Waals surface area contributed by atoms with E-state index < -0.39 is 12.0 Å². The van der Waals surface area contributed by atoms with E-state index in [9.17, 15) is 14.4 Å². The highest BCUT2D eigenvalue weighted by Gasteiger charge is 2.35. The zero-order chi connectivity index (χ0) is 32.5. The minimum absolute atomic E-state index is 0.0910. The van der Waals surface area contributed by atoms with E-state index >= 15 is 0 Å². The topological polar surface area (TPSA) is 104 Å². The lowest BCUT2D eigenvalue weighted by Crippen LogP contribution is -2.40.